The maximum atomic E-state index is 13.3. The van der Waals surface area contributed by atoms with Crippen molar-refractivity contribution < 1.29 is 19.2 Å². The molecule has 0 bridgehead atoms. The SMILES string of the molecule is CNC(=O)C1CCC(CN(CC(C)C)C(=O)O/N=C(\C)[C@H]2CC[C@H]3[C@@H]4CCC5=CC(=O)CC[C@]5(C)[C@H]4CC[C@]23C)N1. The Kier molecular flexibility index (Phi) is 8.71. The van der Waals surface area contributed by atoms with Crippen LogP contribution >= 0.6 is 0 Å². The molecule has 8 heteroatoms. The number of hydrogen-bond acceptors (Lipinski definition) is 6. The molecular formula is C33H52N4O4. The largest absolute Gasteiger partial charge is 0.436 e. The number of nitrogens with one attached hydrogen (secondary N) is 2. The first kappa shape index (κ1) is 30.2. The molecule has 5 rings (SSSR count). The van der Waals surface area contributed by atoms with Crippen LogP contribution < -0.4 is 10.6 Å². The fraction of sp³-hybridized carbons (Fsp3) is 0.818. The van der Waals surface area contributed by atoms with Crippen molar-refractivity contribution in [2.24, 2.45) is 45.6 Å². The van der Waals surface area contributed by atoms with Crippen LogP contribution in [0, 0.1) is 40.4 Å². The van der Waals surface area contributed by atoms with Gasteiger partial charge in [-0.25, -0.2) is 4.79 Å². The van der Waals surface area contributed by atoms with Crippen molar-refractivity contribution in [2.75, 3.05) is 20.1 Å². The van der Waals surface area contributed by atoms with Gasteiger partial charge >= 0.3 is 6.09 Å². The Labute approximate surface area is 246 Å². The molecule has 41 heavy (non-hydrogen) atoms. The Morgan fingerprint density at radius 2 is 1.88 bits per heavy atom. The fourth-order valence-electron chi connectivity index (χ4n) is 9.75. The first-order chi connectivity index (χ1) is 19.5. The van der Waals surface area contributed by atoms with E-state index in [1.165, 1.54) is 31.3 Å². The lowest BCUT2D eigenvalue weighted by atomic mass is 9.46. The van der Waals surface area contributed by atoms with E-state index in [0.717, 1.165) is 37.8 Å². The van der Waals surface area contributed by atoms with Crippen molar-refractivity contribution in [1.29, 1.82) is 0 Å². The van der Waals surface area contributed by atoms with Crippen molar-refractivity contribution in [3.8, 4) is 0 Å². The summed E-state index contributed by atoms with van der Waals surface area (Å²) < 4.78 is 0. The van der Waals surface area contributed by atoms with E-state index >= 15 is 0 Å². The standard InChI is InChI=1S/C33H52N4O4/c1-20(2)18-37(19-23-8-12-29(35-23)30(39)34-6)31(40)41-36-21(3)26-10-11-27-25-9-7-22-17-24(38)13-15-32(22,4)28(25)14-16-33(26,27)5/h17,20,23,25-29,35H,7-16,18-19H2,1-6H3,(H,34,39)/b36-21+/t23?,25-,26+,27-,28-,29?,32-,33+/m0/s1. The van der Waals surface area contributed by atoms with Crippen molar-refractivity contribution >= 4 is 23.5 Å². The smallest absolute Gasteiger partial charge is 0.358 e. The molecule has 0 aromatic carbocycles. The summed E-state index contributed by atoms with van der Waals surface area (Å²) in [5.41, 5.74) is 2.71. The van der Waals surface area contributed by atoms with E-state index in [1.54, 1.807) is 11.9 Å². The zero-order chi connectivity index (χ0) is 29.5. The zero-order valence-electron chi connectivity index (χ0n) is 26.1. The van der Waals surface area contributed by atoms with Crippen LogP contribution in [0.4, 0.5) is 4.79 Å². The highest BCUT2D eigenvalue weighted by molar-refractivity contribution is 5.91. The molecule has 3 saturated carbocycles. The lowest BCUT2D eigenvalue weighted by Crippen LogP contribution is -2.51. The zero-order valence-corrected chi connectivity index (χ0v) is 26.1. The van der Waals surface area contributed by atoms with E-state index in [1.807, 2.05) is 13.0 Å². The average Bonchev–Trinajstić information content (AvgIpc) is 3.55. The lowest BCUT2D eigenvalue weighted by molar-refractivity contribution is -0.122. The molecule has 1 saturated heterocycles. The molecule has 4 fully saturated rings. The summed E-state index contributed by atoms with van der Waals surface area (Å²) in [5.74, 6) is 2.95. The number of amides is 2. The van der Waals surface area contributed by atoms with E-state index in [2.05, 4.69) is 43.5 Å². The number of carbonyl (C=O) groups is 3. The Bertz CT molecular complexity index is 1100. The van der Waals surface area contributed by atoms with Gasteiger partial charge in [0.15, 0.2) is 5.78 Å². The van der Waals surface area contributed by atoms with Gasteiger partial charge in [0.05, 0.1) is 11.8 Å². The molecule has 228 valence electrons. The number of allylic oxidation sites excluding steroid dienone is 1. The fourth-order valence-corrected chi connectivity index (χ4v) is 9.75. The minimum Gasteiger partial charge on any atom is -0.358 e. The van der Waals surface area contributed by atoms with E-state index in [4.69, 9.17) is 4.84 Å². The third-order valence-corrected chi connectivity index (χ3v) is 11.8. The molecule has 0 spiro atoms. The second-order valence-corrected chi connectivity index (χ2v) is 14.6. The van der Waals surface area contributed by atoms with Gasteiger partial charge in [0.1, 0.15) is 0 Å². The quantitative estimate of drug-likeness (QED) is 0.241. The maximum Gasteiger partial charge on any atom is 0.436 e. The van der Waals surface area contributed by atoms with Crippen molar-refractivity contribution in [3.63, 3.8) is 0 Å². The summed E-state index contributed by atoms with van der Waals surface area (Å²) in [6.07, 6.45) is 11.8. The Hall–Kier alpha value is -2.22. The average molecular weight is 569 g/mol. The highest BCUT2D eigenvalue weighted by atomic mass is 16.7. The van der Waals surface area contributed by atoms with Crippen molar-refractivity contribution in [1.82, 2.24) is 15.5 Å². The third-order valence-electron chi connectivity index (χ3n) is 11.8. The summed E-state index contributed by atoms with van der Waals surface area (Å²) in [6, 6.07) is -0.142. The summed E-state index contributed by atoms with van der Waals surface area (Å²) in [7, 11) is 1.65. The summed E-state index contributed by atoms with van der Waals surface area (Å²) in [6.45, 7) is 12.2. The highest BCUT2D eigenvalue weighted by Gasteiger charge is 2.59. The van der Waals surface area contributed by atoms with Gasteiger partial charge in [-0.1, -0.05) is 38.4 Å². The molecular weight excluding hydrogens is 516 g/mol. The number of rotatable bonds is 7. The van der Waals surface area contributed by atoms with Gasteiger partial charge in [-0.3, -0.25) is 14.4 Å². The summed E-state index contributed by atoms with van der Waals surface area (Å²) >= 11 is 0. The first-order valence-electron chi connectivity index (χ1n) is 16.2. The Morgan fingerprint density at radius 1 is 1.10 bits per heavy atom. The third kappa shape index (κ3) is 5.74. The molecule has 0 aromatic heterocycles. The number of carbonyl (C=O) groups excluding carboxylic acids is 3. The van der Waals surface area contributed by atoms with E-state index in [-0.39, 0.29) is 28.8 Å². The molecule has 2 amide bonds. The maximum absolute atomic E-state index is 13.3. The second-order valence-electron chi connectivity index (χ2n) is 14.6. The lowest BCUT2D eigenvalue weighted by Gasteiger charge is -2.58. The van der Waals surface area contributed by atoms with Crippen LogP contribution in [0.5, 0.6) is 0 Å². The Morgan fingerprint density at radius 3 is 2.61 bits per heavy atom. The number of hydrogen-bond donors (Lipinski definition) is 2. The molecule has 5 aliphatic rings. The van der Waals surface area contributed by atoms with Gasteiger partial charge < -0.3 is 15.5 Å². The molecule has 2 N–H and O–H groups in total. The molecule has 8 atom stereocenters. The number of likely N-dealkylation sites (N-methyl/N-ethyl adjacent to an activating group) is 1. The Balaban J connectivity index is 1.23. The van der Waals surface area contributed by atoms with Gasteiger partial charge in [-0.15, -0.1) is 0 Å². The van der Waals surface area contributed by atoms with Crippen LogP contribution in [-0.4, -0.2) is 60.6 Å². The van der Waals surface area contributed by atoms with Gasteiger partial charge in [0.25, 0.3) is 0 Å². The van der Waals surface area contributed by atoms with Crippen LogP contribution in [0.25, 0.3) is 0 Å². The summed E-state index contributed by atoms with van der Waals surface area (Å²) in [4.78, 5) is 44.9. The predicted molar refractivity (Wildman–Crippen MR) is 160 cm³/mol. The van der Waals surface area contributed by atoms with Crippen molar-refractivity contribution in [3.05, 3.63) is 11.6 Å². The molecule has 0 radical (unpaired) electrons. The van der Waals surface area contributed by atoms with Crippen LogP contribution in [0.2, 0.25) is 0 Å². The number of nitrogens with zero attached hydrogens (tertiary/aromatic N) is 2. The minimum atomic E-state index is -0.405. The topological polar surface area (TPSA) is 100 Å². The molecule has 1 heterocycles. The van der Waals surface area contributed by atoms with Gasteiger partial charge in [0, 0.05) is 38.5 Å². The predicted octanol–water partition coefficient (Wildman–Crippen LogP) is 5.47. The number of ketones is 1. The second kappa shape index (κ2) is 11.8. The number of oxime groups is 1. The van der Waals surface area contributed by atoms with Gasteiger partial charge in [-0.05, 0) is 105 Å². The van der Waals surface area contributed by atoms with Crippen LogP contribution in [0.3, 0.4) is 0 Å². The van der Waals surface area contributed by atoms with Gasteiger partial charge in [-0.2, -0.15) is 0 Å². The van der Waals surface area contributed by atoms with Gasteiger partial charge in [0.2, 0.25) is 5.91 Å². The molecule has 0 aromatic rings. The monoisotopic (exact) mass is 568 g/mol. The van der Waals surface area contributed by atoms with Crippen LogP contribution in [0.15, 0.2) is 16.8 Å². The summed E-state index contributed by atoms with van der Waals surface area (Å²) in [5, 5.41) is 10.6. The van der Waals surface area contributed by atoms with E-state index in [0.29, 0.717) is 54.9 Å². The highest BCUT2D eigenvalue weighted by Crippen LogP contribution is 2.66. The van der Waals surface area contributed by atoms with E-state index in [9.17, 15) is 14.4 Å². The van der Waals surface area contributed by atoms with E-state index < -0.39 is 6.09 Å². The molecule has 4 aliphatic carbocycles. The van der Waals surface area contributed by atoms with Crippen molar-refractivity contribution in [2.45, 2.75) is 111 Å². The normalized spacial score (nSPS) is 38.6. The van der Waals surface area contributed by atoms with Crippen LogP contribution in [0.1, 0.15) is 98.8 Å². The van der Waals surface area contributed by atoms with Crippen LogP contribution in [-0.2, 0) is 14.4 Å². The molecule has 2 unspecified atom stereocenters. The molecule has 1 aliphatic heterocycles. The first-order valence-corrected chi connectivity index (χ1v) is 16.2. The minimum absolute atomic E-state index is 0.00353. The number of fused-ring (bicyclic) bond motifs is 5. The molecule has 8 nitrogen and oxygen atoms in total.